The highest BCUT2D eigenvalue weighted by Gasteiger charge is 2.53. The molecule has 0 unspecified atom stereocenters. The zero-order valence-electron chi connectivity index (χ0n) is 17.4. The number of hydrogen-bond donors (Lipinski definition) is 1. The summed E-state index contributed by atoms with van der Waals surface area (Å²) >= 11 is 0. The van der Waals surface area contributed by atoms with Crippen molar-refractivity contribution in [3.05, 3.63) is 107 Å². The van der Waals surface area contributed by atoms with Crippen molar-refractivity contribution >= 4 is 0 Å². The summed E-state index contributed by atoms with van der Waals surface area (Å²) in [5, 5.41) is 11.2. The number of fused-ring (bicyclic) bond motifs is 8. The summed E-state index contributed by atoms with van der Waals surface area (Å²) in [6.07, 6.45) is 3.67. The summed E-state index contributed by atoms with van der Waals surface area (Å²) in [5.41, 5.74) is 6.94. The first-order valence-electron chi connectivity index (χ1n) is 11.3. The van der Waals surface area contributed by atoms with Gasteiger partial charge in [0.1, 0.15) is 0 Å². The van der Waals surface area contributed by atoms with Gasteiger partial charge >= 0.3 is 0 Å². The molecule has 152 valence electrons. The van der Waals surface area contributed by atoms with Gasteiger partial charge in [0.05, 0.1) is 5.60 Å². The third-order valence-electron chi connectivity index (χ3n) is 7.91. The van der Waals surface area contributed by atoms with Gasteiger partial charge in [-0.1, -0.05) is 78.9 Å². The van der Waals surface area contributed by atoms with Crippen LogP contribution in [0, 0.1) is 0 Å². The largest absolute Gasteiger partial charge is 0.389 e. The smallest absolute Gasteiger partial charge is 0.0712 e. The lowest BCUT2D eigenvalue weighted by atomic mass is 9.74. The summed E-state index contributed by atoms with van der Waals surface area (Å²) in [5.74, 6) is 0.553. The maximum atomic E-state index is 11.2. The van der Waals surface area contributed by atoms with E-state index in [-0.39, 0.29) is 5.41 Å². The van der Waals surface area contributed by atoms with E-state index in [0.29, 0.717) is 5.92 Å². The molecule has 0 radical (unpaired) electrons. The number of nitrogens with zero attached hydrogens (tertiary/aromatic N) is 1. The van der Waals surface area contributed by atoms with E-state index < -0.39 is 5.60 Å². The Morgan fingerprint density at radius 3 is 1.97 bits per heavy atom. The van der Waals surface area contributed by atoms with Crippen LogP contribution in [0.2, 0.25) is 0 Å². The fourth-order valence-electron chi connectivity index (χ4n) is 6.47. The minimum Gasteiger partial charge on any atom is -0.389 e. The van der Waals surface area contributed by atoms with Gasteiger partial charge in [0.25, 0.3) is 0 Å². The topological polar surface area (TPSA) is 23.5 Å². The van der Waals surface area contributed by atoms with Crippen molar-refractivity contribution in [1.29, 1.82) is 0 Å². The van der Waals surface area contributed by atoms with Gasteiger partial charge in [-0.05, 0) is 47.1 Å². The molecule has 2 bridgehead atoms. The highest BCUT2D eigenvalue weighted by Crippen LogP contribution is 2.60. The van der Waals surface area contributed by atoms with Crippen LogP contribution in [0.25, 0.3) is 0 Å². The summed E-state index contributed by atoms with van der Waals surface area (Å²) in [6, 6.07) is 28.7. The molecule has 0 atom stereocenters. The molecule has 1 N–H and O–H groups in total. The Labute approximate surface area is 179 Å². The van der Waals surface area contributed by atoms with E-state index in [1.807, 2.05) is 6.07 Å². The van der Waals surface area contributed by atoms with Crippen LogP contribution in [0.1, 0.15) is 53.0 Å². The second-order valence-electron chi connectivity index (χ2n) is 9.68. The van der Waals surface area contributed by atoms with Gasteiger partial charge in [0.15, 0.2) is 0 Å². The highest BCUT2D eigenvalue weighted by molar-refractivity contribution is 5.62. The Morgan fingerprint density at radius 1 is 0.767 bits per heavy atom. The number of rotatable bonds is 4. The second-order valence-corrected chi connectivity index (χ2v) is 9.68. The van der Waals surface area contributed by atoms with E-state index in [0.717, 1.165) is 38.9 Å². The predicted octanol–water partition coefficient (Wildman–Crippen LogP) is 4.89. The maximum Gasteiger partial charge on any atom is 0.0712 e. The van der Waals surface area contributed by atoms with Crippen LogP contribution >= 0.6 is 0 Å². The molecule has 0 saturated carbocycles. The number of benzene rings is 3. The van der Waals surface area contributed by atoms with Crippen LogP contribution in [0.3, 0.4) is 0 Å². The van der Waals surface area contributed by atoms with Crippen LogP contribution in [-0.2, 0) is 11.8 Å². The molecule has 1 saturated heterocycles. The lowest BCUT2D eigenvalue weighted by molar-refractivity contribution is -0.0237. The van der Waals surface area contributed by atoms with E-state index in [2.05, 4.69) is 77.7 Å². The quantitative estimate of drug-likeness (QED) is 0.680. The first kappa shape index (κ1) is 18.4. The average Bonchev–Trinajstić information content (AvgIpc) is 3.29. The van der Waals surface area contributed by atoms with Crippen LogP contribution in [0.5, 0.6) is 0 Å². The van der Waals surface area contributed by atoms with Gasteiger partial charge in [-0.25, -0.2) is 0 Å². The van der Waals surface area contributed by atoms with Crippen molar-refractivity contribution in [1.82, 2.24) is 4.90 Å². The van der Waals surface area contributed by atoms with Crippen molar-refractivity contribution in [3.63, 3.8) is 0 Å². The monoisotopic (exact) mass is 395 g/mol. The molecular weight excluding hydrogens is 366 g/mol. The number of aliphatic hydroxyl groups is 1. The zero-order chi connectivity index (χ0) is 20.2. The minimum atomic E-state index is -0.570. The molecule has 1 fully saturated rings. The Hall–Kier alpha value is -2.42. The summed E-state index contributed by atoms with van der Waals surface area (Å²) in [7, 11) is 0. The molecule has 0 spiro atoms. The third-order valence-corrected chi connectivity index (χ3v) is 7.91. The molecule has 2 aliphatic carbocycles. The Morgan fingerprint density at radius 2 is 1.33 bits per heavy atom. The molecule has 1 aliphatic heterocycles. The zero-order valence-corrected chi connectivity index (χ0v) is 17.4. The van der Waals surface area contributed by atoms with Crippen molar-refractivity contribution < 1.29 is 5.11 Å². The van der Waals surface area contributed by atoms with E-state index in [1.165, 1.54) is 23.1 Å². The Balaban J connectivity index is 1.24. The highest BCUT2D eigenvalue weighted by atomic mass is 16.3. The van der Waals surface area contributed by atoms with Crippen molar-refractivity contribution in [2.45, 2.75) is 42.6 Å². The third kappa shape index (κ3) is 2.78. The molecule has 2 heteroatoms. The molecule has 0 amide bonds. The molecule has 3 aliphatic rings. The Bertz CT molecular complexity index is 1020. The summed E-state index contributed by atoms with van der Waals surface area (Å²) in [4.78, 5) is 2.61. The average molecular weight is 396 g/mol. The van der Waals surface area contributed by atoms with Crippen molar-refractivity contribution in [2.75, 3.05) is 19.6 Å². The number of piperidine rings is 1. The van der Waals surface area contributed by atoms with E-state index in [9.17, 15) is 5.11 Å². The van der Waals surface area contributed by atoms with Gasteiger partial charge in [-0.3, -0.25) is 0 Å². The molecule has 1 heterocycles. The summed E-state index contributed by atoms with van der Waals surface area (Å²) in [6.45, 7) is 3.01. The molecule has 3 aromatic carbocycles. The molecular formula is C28H29NO. The van der Waals surface area contributed by atoms with Crippen LogP contribution < -0.4 is 0 Å². The van der Waals surface area contributed by atoms with E-state index in [4.69, 9.17) is 0 Å². The Kier molecular flexibility index (Phi) is 4.16. The minimum absolute atomic E-state index is 0.118. The summed E-state index contributed by atoms with van der Waals surface area (Å²) < 4.78 is 0. The fourth-order valence-corrected chi connectivity index (χ4v) is 6.47. The van der Waals surface area contributed by atoms with Crippen LogP contribution in [-0.4, -0.2) is 35.2 Å². The molecule has 0 aromatic heterocycles. The van der Waals surface area contributed by atoms with E-state index in [1.54, 1.807) is 11.1 Å². The number of hydrogen-bond acceptors (Lipinski definition) is 2. The van der Waals surface area contributed by atoms with Crippen molar-refractivity contribution in [3.8, 4) is 0 Å². The lowest BCUT2D eigenvalue weighted by Crippen LogP contribution is -2.49. The van der Waals surface area contributed by atoms with Crippen LogP contribution in [0.15, 0.2) is 78.9 Å². The molecule has 3 aromatic rings. The maximum absolute atomic E-state index is 11.2. The van der Waals surface area contributed by atoms with Gasteiger partial charge in [-0.2, -0.15) is 0 Å². The lowest BCUT2D eigenvalue weighted by Gasteiger charge is -2.42. The van der Waals surface area contributed by atoms with Gasteiger partial charge in [0, 0.05) is 37.4 Å². The SMILES string of the molecule is OC1(Cc2ccccc2)CCN(CC23CC(c4ccccc42)c2ccccc23)CC1. The first-order chi connectivity index (χ1) is 14.7. The molecule has 6 rings (SSSR count). The van der Waals surface area contributed by atoms with Crippen molar-refractivity contribution in [2.24, 2.45) is 0 Å². The predicted molar refractivity (Wildman–Crippen MR) is 121 cm³/mol. The van der Waals surface area contributed by atoms with Gasteiger partial charge in [-0.15, -0.1) is 0 Å². The number of likely N-dealkylation sites (tertiary alicyclic amines) is 1. The van der Waals surface area contributed by atoms with Crippen LogP contribution in [0.4, 0.5) is 0 Å². The standard InChI is InChI=1S/C28H29NO/c30-27(18-21-8-2-1-3-9-21)14-16-29(17-15-27)20-28-19-24(22-10-4-6-12-25(22)28)23-11-5-7-13-26(23)28/h1-13,24,30H,14-20H2. The first-order valence-corrected chi connectivity index (χ1v) is 11.3. The molecule has 30 heavy (non-hydrogen) atoms. The van der Waals surface area contributed by atoms with Gasteiger partial charge in [0.2, 0.25) is 0 Å². The normalized spacial score (nSPS) is 26.4. The second kappa shape index (κ2) is 6.80. The van der Waals surface area contributed by atoms with E-state index >= 15 is 0 Å². The molecule has 2 nitrogen and oxygen atoms in total. The van der Waals surface area contributed by atoms with Gasteiger partial charge < -0.3 is 10.0 Å². The fraction of sp³-hybridized carbons (Fsp3) is 0.357.